The SMILES string of the molecule is CCc1nc2ccc(C3CCN(C(=O)Cc4ccc(C)c(C)c4F)CC3)cn2c1-c1ccc(-c2nc(-c3ccc(F)cc3)c(CO)s2)c(C)c1F. The van der Waals surface area contributed by atoms with Crippen molar-refractivity contribution in [1.82, 2.24) is 19.3 Å². The van der Waals surface area contributed by atoms with Crippen molar-refractivity contribution in [3.63, 3.8) is 0 Å². The fourth-order valence-electron chi connectivity index (χ4n) is 7.10. The number of aromatic nitrogens is 3. The van der Waals surface area contributed by atoms with E-state index in [1.807, 2.05) is 41.3 Å². The molecule has 262 valence electrons. The van der Waals surface area contributed by atoms with Gasteiger partial charge >= 0.3 is 0 Å². The molecule has 6 aromatic rings. The highest BCUT2D eigenvalue weighted by Gasteiger charge is 2.27. The Balaban J connectivity index is 1.15. The molecule has 0 aliphatic carbocycles. The summed E-state index contributed by atoms with van der Waals surface area (Å²) in [6, 6.07) is 17.2. The Kier molecular flexibility index (Phi) is 9.56. The molecule has 51 heavy (non-hydrogen) atoms. The fourth-order valence-corrected chi connectivity index (χ4v) is 8.13. The molecule has 1 aliphatic heterocycles. The molecular weight excluding hydrogens is 670 g/mol. The van der Waals surface area contributed by atoms with Gasteiger partial charge in [0, 0.05) is 36.0 Å². The molecule has 0 spiro atoms. The van der Waals surface area contributed by atoms with Crippen LogP contribution in [0.1, 0.15) is 64.1 Å². The van der Waals surface area contributed by atoms with Gasteiger partial charge in [0.15, 0.2) is 0 Å². The fraction of sp³-hybridized carbons (Fsp3) is 0.293. The molecule has 3 aromatic carbocycles. The van der Waals surface area contributed by atoms with E-state index in [0.29, 0.717) is 74.2 Å². The molecule has 4 heterocycles. The van der Waals surface area contributed by atoms with Crippen molar-refractivity contribution in [2.45, 2.75) is 65.9 Å². The van der Waals surface area contributed by atoms with Gasteiger partial charge in [-0.1, -0.05) is 31.2 Å². The van der Waals surface area contributed by atoms with E-state index in [2.05, 4.69) is 12.3 Å². The quantitative estimate of drug-likeness (QED) is 0.171. The Hall–Kier alpha value is -4.80. The van der Waals surface area contributed by atoms with Crippen LogP contribution in [0.3, 0.4) is 0 Å². The van der Waals surface area contributed by atoms with Crippen LogP contribution in [-0.2, 0) is 24.2 Å². The number of imidazole rings is 1. The Labute approximate surface area is 299 Å². The third-order valence-corrected chi connectivity index (χ3v) is 11.4. The second kappa shape index (κ2) is 14.1. The van der Waals surface area contributed by atoms with Crippen LogP contribution in [0.25, 0.3) is 38.7 Å². The first-order valence-electron chi connectivity index (χ1n) is 17.3. The first-order chi connectivity index (χ1) is 24.6. The molecule has 0 atom stereocenters. The van der Waals surface area contributed by atoms with Crippen LogP contribution in [0, 0.1) is 38.2 Å². The van der Waals surface area contributed by atoms with E-state index in [-0.39, 0.29) is 42.3 Å². The zero-order valence-electron chi connectivity index (χ0n) is 29.1. The van der Waals surface area contributed by atoms with E-state index in [4.69, 9.17) is 9.97 Å². The summed E-state index contributed by atoms with van der Waals surface area (Å²) >= 11 is 1.29. The minimum atomic E-state index is -0.370. The summed E-state index contributed by atoms with van der Waals surface area (Å²) in [7, 11) is 0. The predicted molar refractivity (Wildman–Crippen MR) is 195 cm³/mol. The summed E-state index contributed by atoms with van der Waals surface area (Å²) in [5, 5.41) is 10.6. The number of hydrogen-bond acceptors (Lipinski definition) is 5. The van der Waals surface area contributed by atoms with E-state index in [9.17, 15) is 18.7 Å². The van der Waals surface area contributed by atoms with Gasteiger partial charge in [-0.05, 0) is 110 Å². The topological polar surface area (TPSA) is 70.7 Å². The number of likely N-dealkylation sites (tertiary alicyclic amines) is 1. The maximum atomic E-state index is 16.5. The van der Waals surface area contributed by atoms with Crippen LogP contribution in [0.15, 0.2) is 66.9 Å². The number of aryl methyl sites for hydroxylation is 2. The first kappa shape index (κ1) is 34.6. The number of pyridine rings is 1. The van der Waals surface area contributed by atoms with Crippen LogP contribution in [-0.4, -0.2) is 43.4 Å². The van der Waals surface area contributed by atoms with Crippen LogP contribution >= 0.6 is 11.3 Å². The number of nitrogens with zero attached hydrogens (tertiary/aromatic N) is 4. The molecule has 6 nitrogen and oxygen atoms in total. The average Bonchev–Trinajstić information content (AvgIpc) is 3.74. The van der Waals surface area contributed by atoms with E-state index in [1.165, 1.54) is 23.5 Å². The number of thiazole rings is 1. The lowest BCUT2D eigenvalue weighted by Gasteiger charge is -2.32. The zero-order chi connectivity index (χ0) is 36.0. The number of halogens is 3. The molecule has 1 N–H and O–H groups in total. The Morgan fingerprint density at radius 1 is 0.882 bits per heavy atom. The van der Waals surface area contributed by atoms with Gasteiger partial charge in [-0.15, -0.1) is 11.3 Å². The maximum Gasteiger partial charge on any atom is 0.227 e. The summed E-state index contributed by atoms with van der Waals surface area (Å²) in [4.78, 5) is 25.2. The van der Waals surface area contributed by atoms with Crippen molar-refractivity contribution in [2.75, 3.05) is 13.1 Å². The van der Waals surface area contributed by atoms with Crippen LogP contribution < -0.4 is 0 Å². The summed E-state index contributed by atoms with van der Waals surface area (Å²) in [6.07, 6.45) is 4.25. The van der Waals surface area contributed by atoms with Crippen molar-refractivity contribution in [3.8, 4) is 33.1 Å². The van der Waals surface area contributed by atoms with Crippen molar-refractivity contribution < 1.29 is 23.1 Å². The largest absolute Gasteiger partial charge is 0.391 e. The number of carbonyl (C=O) groups excluding carboxylic acids is 1. The molecule has 0 bridgehead atoms. The highest BCUT2D eigenvalue weighted by atomic mass is 32.1. The van der Waals surface area contributed by atoms with E-state index >= 15 is 4.39 Å². The monoisotopic (exact) mass is 708 g/mol. The van der Waals surface area contributed by atoms with Crippen LogP contribution in [0.2, 0.25) is 0 Å². The lowest BCUT2D eigenvalue weighted by Crippen LogP contribution is -2.39. The summed E-state index contributed by atoms with van der Waals surface area (Å²) < 4.78 is 46.8. The van der Waals surface area contributed by atoms with Gasteiger partial charge in [0.2, 0.25) is 5.91 Å². The highest BCUT2D eigenvalue weighted by molar-refractivity contribution is 7.15. The lowest BCUT2D eigenvalue weighted by molar-refractivity contribution is -0.131. The van der Waals surface area contributed by atoms with E-state index < -0.39 is 0 Å². The smallest absolute Gasteiger partial charge is 0.227 e. The number of fused-ring (bicyclic) bond motifs is 1. The number of carbonyl (C=O) groups is 1. The maximum absolute atomic E-state index is 16.5. The molecular formula is C41H39F3N4O2S. The van der Waals surface area contributed by atoms with Crippen molar-refractivity contribution in [2.24, 2.45) is 0 Å². The van der Waals surface area contributed by atoms with Gasteiger partial charge in [0.05, 0.1) is 35.0 Å². The van der Waals surface area contributed by atoms with E-state index in [0.717, 1.165) is 35.3 Å². The third-order valence-electron chi connectivity index (χ3n) is 10.3. The molecule has 0 saturated carbocycles. The zero-order valence-corrected chi connectivity index (χ0v) is 29.9. The van der Waals surface area contributed by atoms with Crippen molar-refractivity contribution >= 4 is 22.9 Å². The Morgan fingerprint density at radius 3 is 2.31 bits per heavy atom. The number of aliphatic hydroxyl groups is 1. The van der Waals surface area contributed by atoms with E-state index in [1.54, 1.807) is 38.1 Å². The van der Waals surface area contributed by atoms with Crippen molar-refractivity contribution in [1.29, 1.82) is 0 Å². The van der Waals surface area contributed by atoms with Gasteiger partial charge in [-0.25, -0.2) is 23.1 Å². The molecule has 7 rings (SSSR count). The van der Waals surface area contributed by atoms with Crippen LogP contribution in [0.4, 0.5) is 13.2 Å². The highest BCUT2D eigenvalue weighted by Crippen LogP contribution is 2.39. The number of amides is 1. The summed E-state index contributed by atoms with van der Waals surface area (Å²) in [5.41, 5.74) is 7.92. The van der Waals surface area contributed by atoms with Crippen LogP contribution in [0.5, 0.6) is 0 Å². The number of hydrogen-bond donors (Lipinski definition) is 1. The number of benzene rings is 3. The standard InChI is InChI=1S/C41H39F3N4O2S/c1-5-33-40(32-14-13-31(25(4)38(32)44)41-46-39(34(22-49)51-41)27-8-11-30(42)12-9-27)48-21-29(10-15-35(48)45-33)26-16-18-47(19-17-26)36(50)20-28-7-6-23(2)24(3)37(28)43/h6-15,21,26,49H,5,16-20,22H2,1-4H3. The minimum Gasteiger partial charge on any atom is -0.391 e. The number of rotatable bonds is 8. The van der Waals surface area contributed by atoms with Crippen molar-refractivity contribution in [3.05, 3.63) is 123 Å². The average molecular weight is 709 g/mol. The van der Waals surface area contributed by atoms with Gasteiger partial charge < -0.3 is 10.0 Å². The second-order valence-electron chi connectivity index (χ2n) is 13.3. The molecule has 1 amide bonds. The number of piperidine rings is 1. The molecule has 0 radical (unpaired) electrons. The third kappa shape index (κ3) is 6.47. The summed E-state index contributed by atoms with van der Waals surface area (Å²) in [5.74, 6) is -0.899. The Morgan fingerprint density at radius 2 is 1.61 bits per heavy atom. The molecule has 3 aromatic heterocycles. The Bertz CT molecular complexity index is 2270. The van der Waals surface area contributed by atoms with Gasteiger partial charge in [0.1, 0.15) is 28.1 Å². The van der Waals surface area contributed by atoms with Gasteiger partial charge in [0.25, 0.3) is 0 Å². The lowest BCUT2D eigenvalue weighted by atomic mass is 9.90. The van der Waals surface area contributed by atoms with Gasteiger partial charge in [-0.3, -0.25) is 9.20 Å². The predicted octanol–water partition coefficient (Wildman–Crippen LogP) is 9.14. The molecule has 1 aliphatic rings. The first-order valence-corrected chi connectivity index (χ1v) is 18.1. The summed E-state index contributed by atoms with van der Waals surface area (Å²) in [6.45, 7) is 8.26. The normalized spacial score (nSPS) is 13.8. The molecule has 1 fully saturated rings. The molecule has 0 unspecified atom stereocenters. The molecule has 1 saturated heterocycles. The second-order valence-corrected chi connectivity index (χ2v) is 14.4. The minimum absolute atomic E-state index is 0.0477. The van der Waals surface area contributed by atoms with Gasteiger partial charge in [-0.2, -0.15) is 0 Å². The number of aliphatic hydroxyl groups excluding tert-OH is 1. The molecule has 10 heteroatoms.